The number of carbonyl (C=O) groups is 2. The number of hydrogen-bond donors (Lipinski definition) is 2. The summed E-state index contributed by atoms with van der Waals surface area (Å²) in [4.78, 5) is 22.9. The Morgan fingerprint density at radius 3 is 2.50 bits per heavy atom. The lowest BCUT2D eigenvalue weighted by atomic mass is 10.00. The molecule has 0 saturated heterocycles. The molecule has 138 valence electrons. The number of nitrogens with one attached hydrogen (secondary N) is 1. The Labute approximate surface area is 152 Å². The smallest absolute Gasteiger partial charge is 0.303 e. The third-order valence-electron chi connectivity index (χ3n) is 3.91. The van der Waals surface area contributed by atoms with Crippen LogP contribution in [-0.2, 0) is 9.59 Å². The van der Waals surface area contributed by atoms with Gasteiger partial charge in [0.2, 0.25) is 5.91 Å². The van der Waals surface area contributed by atoms with Crippen LogP contribution in [0.25, 0.3) is 0 Å². The predicted molar refractivity (Wildman–Crippen MR) is 98.8 cm³/mol. The minimum Gasteiger partial charge on any atom is -0.497 e. The fraction of sp³-hybridized carbons (Fsp3) is 0.300. The zero-order valence-corrected chi connectivity index (χ0v) is 14.9. The molecule has 2 aromatic carbocycles. The summed E-state index contributed by atoms with van der Waals surface area (Å²) in [5.41, 5.74) is 1.54. The molecule has 1 amide bonds. The molecule has 26 heavy (non-hydrogen) atoms. The Balaban J connectivity index is 1.89. The van der Waals surface area contributed by atoms with Gasteiger partial charge in [-0.15, -0.1) is 0 Å². The minimum atomic E-state index is -0.836. The number of rotatable bonds is 9. The molecule has 2 N–H and O–H groups in total. The Morgan fingerprint density at radius 2 is 1.85 bits per heavy atom. The van der Waals surface area contributed by atoms with Gasteiger partial charge in [-0.25, -0.2) is 0 Å². The lowest BCUT2D eigenvalue weighted by molar-refractivity contribution is -0.137. The molecular weight excluding hydrogens is 334 g/mol. The van der Waals surface area contributed by atoms with E-state index in [-0.39, 0.29) is 18.2 Å². The highest BCUT2D eigenvalue weighted by Gasteiger charge is 2.16. The van der Waals surface area contributed by atoms with Crippen molar-refractivity contribution >= 4 is 17.6 Å². The SMILES string of the molecule is COc1cccc(C(C)C(=O)Nc2ccc(OCCCC(=O)O)cc2)c1. The van der Waals surface area contributed by atoms with E-state index in [1.54, 1.807) is 31.4 Å². The molecule has 0 saturated carbocycles. The van der Waals surface area contributed by atoms with E-state index in [1.807, 2.05) is 31.2 Å². The lowest BCUT2D eigenvalue weighted by Gasteiger charge is -2.14. The molecule has 0 spiro atoms. The van der Waals surface area contributed by atoms with Gasteiger partial charge in [-0.2, -0.15) is 0 Å². The molecule has 0 aliphatic heterocycles. The molecule has 0 aliphatic carbocycles. The largest absolute Gasteiger partial charge is 0.497 e. The molecule has 0 aliphatic rings. The average Bonchev–Trinajstić information content (AvgIpc) is 2.65. The number of anilines is 1. The Kier molecular flexibility index (Phi) is 7.02. The van der Waals surface area contributed by atoms with Crippen molar-refractivity contribution in [3.8, 4) is 11.5 Å². The van der Waals surface area contributed by atoms with E-state index in [4.69, 9.17) is 14.6 Å². The summed E-state index contributed by atoms with van der Waals surface area (Å²) < 4.78 is 10.7. The van der Waals surface area contributed by atoms with E-state index >= 15 is 0 Å². The quantitative estimate of drug-likeness (QED) is 0.669. The number of hydrogen-bond acceptors (Lipinski definition) is 4. The van der Waals surface area contributed by atoms with Crippen molar-refractivity contribution in [1.29, 1.82) is 0 Å². The zero-order chi connectivity index (χ0) is 18.9. The molecule has 2 aromatic rings. The summed E-state index contributed by atoms with van der Waals surface area (Å²) in [5.74, 6) is 0.0722. The molecule has 0 fully saturated rings. The second kappa shape index (κ2) is 9.46. The van der Waals surface area contributed by atoms with Crippen LogP contribution in [0.3, 0.4) is 0 Å². The van der Waals surface area contributed by atoms with Gasteiger partial charge in [0.25, 0.3) is 0 Å². The Bertz CT molecular complexity index is 742. The van der Waals surface area contributed by atoms with Crippen LogP contribution in [-0.4, -0.2) is 30.7 Å². The maximum atomic E-state index is 12.4. The molecule has 6 nitrogen and oxygen atoms in total. The normalized spacial score (nSPS) is 11.5. The first-order chi connectivity index (χ1) is 12.5. The number of ether oxygens (including phenoxy) is 2. The van der Waals surface area contributed by atoms with Crippen molar-refractivity contribution in [2.45, 2.75) is 25.7 Å². The maximum absolute atomic E-state index is 12.4. The van der Waals surface area contributed by atoms with Gasteiger partial charge in [0.05, 0.1) is 19.6 Å². The first-order valence-corrected chi connectivity index (χ1v) is 8.39. The maximum Gasteiger partial charge on any atom is 0.303 e. The van der Waals surface area contributed by atoms with E-state index in [1.165, 1.54) is 0 Å². The molecule has 1 unspecified atom stereocenters. The first-order valence-electron chi connectivity index (χ1n) is 8.39. The van der Waals surface area contributed by atoms with Crippen LogP contribution in [0.15, 0.2) is 48.5 Å². The van der Waals surface area contributed by atoms with Crippen molar-refractivity contribution in [1.82, 2.24) is 0 Å². The molecular formula is C20H23NO5. The van der Waals surface area contributed by atoms with E-state index in [2.05, 4.69) is 5.32 Å². The summed E-state index contributed by atoms with van der Waals surface area (Å²) in [6, 6.07) is 14.4. The fourth-order valence-electron chi connectivity index (χ4n) is 2.36. The Hall–Kier alpha value is -3.02. The number of carboxylic acids is 1. The molecule has 0 radical (unpaired) electrons. The van der Waals surface area contributed by atoms with Gasteiger partial charge < -0.3 is 19.9 Å². The molecule has 2 rings (SSSR count). The van der Waals surface area contributed by atoms with Gasteiger partial charge in [0.15, 0.2) is 0 Å². The van der Waals surface area contributed by atoms with Crippen LogP contribution in [0, 0.1) is 0 Å². The summed E-state index contributed by atoms with van der Waals surface area (Å²) in [6.45, 7) is 2.18. The number of amides is 1. The molecule has 1 atom stereocenters. The van der Waals surface area contributed by atoms with Crippen LogP contribution in [0.4, 0.5) is 5.69 Å². The standard InChI is InChI=1S/C20H23NO5/c1-14(15-5-3-6-18(13-15)25-2)20(24)21-16-8-10-17(11-9-16)26-12-4-7-19(22)23/h3,5-6,8-11,13-14H,4,7,12H2,1-2H3,(H,21,24)(H,22,23). The number of carboxylic acid groups (broad SMARTS) is 1. The third kappa shape index (κ3) is 5.81. The summed E-state index contributed by atoms with van der Waals surface area (Å²) >= 11 is 0. The van der Waals surface area contributed by atoms with Crippen LogP contribution in [0.2, 0.25) is 0 Å². The average molecular weight is 357 g/mol. The van der Waals surface area contributed by atoms with Gasteiger partial charge in [0, 0.05) is 12.1 Å². The van der Waals surface area contributed by atoms with Crippen molar-refractivity contribution in [2.24, 2.45) is 0 Å². The molecule has 0 aromatic heterocycles. The van der Waals surface area contributed by atoms with Crippen molar-refractivity contribution in [3.63, 3.8) is 0 Å². The predicted octanol–water partition coefficient (Wildman–Crippen LogP) is 3.68. The second-order valence-electron chi connectivity index (χ2n) is 5.86. The highest BCUT2D eigenvalue weighted by atomic mass is 16.5. The Morgan fingerprint density at radius 1 is 1.12 bits per heavy atom. The van der Waals surface area contributed by atoms with Crippen molar-refractivity contribution in [2.75, 3.05) is 19.0 Å². The number of aliphatic carboxylic acids is 1. The highest BCUT2D eigenvalue weighted by Crippen LogP contribution is 2.23. The fourth-order valence-corrected chi connectivity index (χ4v) is 2.36. The minimum absolute atomic E-state index is 0.0797. The zero-order valence-electron chi connectivity index (χ0n) is 14.9. The molecule has 0 bridgehead atoms. The van der Waals surface area contributed by atoms with Gasteiger partial charge >= 0.3 is 5.97 Å². The van der Waals surface area contributed by atoms with E-state index < -0.39 is 5.97 Å². The van der Waals surface area contributed by atoms with E-state index in [0.717, 1.165) is 5.56 Å². The monoisotopic (exact) mass is 357 g/mol. The number of methoxy groups -OCH3 is 1. The second-order valence-corrected chi connectivity index (χ2v) is 5.86. The summed E-state index contributed by atoms with van der Waals surface area (Å²) in [6.07, 6.45) is 0.530. The van der Waals surface area contributed by atoms with Gasteiger partial charge in [-0.05, 0) is 55.3 Å². The van der Waals surface area contributed by atoms with Crippen LogP contribution in [0.5, 0.6) is 11.5 Å². The van der Waals surface area contributed by atoms with Crippen LogP contribution < -0.4 is 14.8 Å². The third-order valence-corrected chi connectivity index (χ3v) is 3.91. The summed E-state index contributed by atoms with van der Waals surface area (Å²) in [5, 5.41) is 11.5. The topological polar surface area (TPSA) is 84.9 Å². The van der Waals surface area contributed by atoms with Gasteiger partial charge in [-0.1, -0.05) is 12.1 Å². The lowest BCUT2D eigenvalue weighted by Crippen LogP contribution is -2.18. The van der Waals surface area contributed by atoms with Gasteiger partial charge in [-0.3, -0.25) is 9.59 Å². The number of carbonyl (C=O) groups excluding carboxylic acids is 1. The summed E-state index contributed by atoms with van der Waals surface area (Å²) in [7, 11) is 1.59. The highest BCUT2D eigenvalue weighted by molar-refractivity contribution is 5.95. The molecule has 6 heteroatoms. The molecule has 0 heterocycles. The van der Waals surface area contributed by atoms with Crippen molar-refractivity contribution < 1.29 is 24.2 Å². The van der Waals surface area contributed by atoms with Crippen LogP contribution in [0.1, 0.15) is 31.2 Å². The van der Waals surface area contributed by atoms with Crippen molar-refractivity contribution in [3.05, 3.63) is 54.1 Å². The van der Waals surface area contributed by atoms with E-state index in [9.17, 15) is 9.59 Å². The van der Waals surface area contributed by atoms with Gasteiger partial charge in [0.1, 0.15) is 11.5 Å². The van der Waals surface area contributed by atoms with Crippen LogP contribution >= 0.6 is 0 Å². The van der Waals surface area contributed by atoms with E-state index in [0.29, 0.717) is 30.2 Å². The first kappa shape index (κ1) is 19.3. The number of benzene rings is 2.